The first-order chi connectivity index (χ1) is 18.6. The van der Waals surface area contributed by atoms with Crippen molar-refractivity contribution in [3.8, 4) is 5.75 Å². The summed E-state index contributed by atoms with van der Waals surface area (Å²) in [6.07, 6.45) is -0.580. The number of nitrogens with zero attached hydrogens (tertiary/aromatic N) is 1. The Hall–Kier alpha value is -2.09. The van der Waals surface area contributed by atoms with Crippen LogP contribution in [-0.4, -0.2) is 58.8 Å². The summed E-state index contributed by atoms with van der Waals surface area (Å²) in [4.78, 5) is 4.03. The van der Waals surface area contributed by atoms with Gasteiger partial charge in [0.25, 0.3) is 0 Å². The van der Waals surface area contributed by atoms with Crippen LogP contribution in [0, 0.1) is 0 Å². The average molecular weight is 650 g/mol. The lowest BCUT2D eigenvalue weighted by atomic mass is 9.83. The van der Waals surface area contributed by atoms with E-state index in [0.29, 0.717) is 11.4 Å². The second-order valence-corrected chi connectivity index (χ2v) is 18.0. The maximum atomic E-state index is 13.1. The van der Waals surface area contributed by atoms with Gasteiger partial charge >= 0.3 is 0 Å². The number of aromatic hydroxyl groups is 1. The molecule has 5 rings (SSSR count). The average Bonchev–Trinajstić information content (AvgIpc) is 3.24. The summed E-state index contributed by atoms with van der Waals surface area (Å²) in [6.45, 7) is 8.98. The molecule has 0 unspecified atom stereocenters. The molecule has 14 heteroatoms. The van der Waals surface area contributed by atoms with Crippen molar-refractivity contribution in [2.75, 3.05) is 5.73 Å². The first-order valence-electron chi connectivity index (χ1n) is 12.9. The summed E-state index contributed by atoms with van der Waals surface area (Å²) in [6, 6.07) is 5.87. The zero-order chi connectivity index (χ0) is 30.9. The Bertz CT molecular complexity index is 1720. The Labute approximate surface area is 249 Å². The lowest BCUT2D eigenvalue weighted by molar-refractivity contribution is 0.0634. The number of phenols is 1. The van der Waals surface area contributed by atoms with Crippen molar-refractivity contribution in [2.45, 2.75) is 97.2 Å². The quantitative estimate of drug-likeness (QED) is 0.227. The van der Waals surface area contributed by atoms with Crippen LogP contribution in [0.5, 0.6) is 5.75 Å². The summed E-state index contributed by atoms with van der Waals surface area (Å²) < 4.78 is 54.8. The molecule has 5 N–H and O–H groups in total. The molecule has 0 radical (unpaired) electrons. The summed E-state index contributed by atoms with van der Waals surface area (Å²) in [5.74, 6) is -0.0601. The fourth-order valence-corrected chi connectivity index (χ4v) is 10.1. The molecular formula is C27H34Cl2N2O8S2. The lowest BCUT2D eigenvalue weighted by Crippen LogP contribution is -2.50. The molecule has 1 heterocycles. The molecule has 0 saturated heterocycles. The van der Waals surface area contributed by atoms with Crippen molar-refractivity contribution in [1.29, 1.82) is 0 Å². The second-order valence-electron chi connectivity index (χ2n) is 12.3. The number of halogens is 2. The number of aliphatic hydroxyl groups excluding tert-OH is 2. The smallest absolute Gasteiger partial charge is 0.200 e. The van der Waals surface area contributed by atoms with Crippen molar-refractivity contribution in [3.05, 3.63) is 40.2 Å². The molecule has 2 aliphatic rings. The molecule has 1 aromatic heterocycles. The van der Waals surface area contributed by atoms with Gasteiger partial charge in [0.2, 0.25) is 5.89 Å². The van der Waals surface area contributed by atoms with E-state index in [1.165, 1.54) is 25.1 Å². The molecule has 0 amide bonds. The van der Waals surface area contributed by atoms with Gasteiger partial charge in [-0.1, -0.05) is 44.0 Å². The molecule has 226 valence electrons. The van der Waals surface area contributed by atoms with Gasteiger partial charge in [0.1, 0.15) is 15.3 Å². The third kappa shape index (κ3) is 5.31. The van der Waals surface area contributed by atoms with Crippen LogP contribution >= 0.6 is 23.2 Å². The van der Waals surface area contributed by atoms with Crippen LogP contribution < -0.4 is 5.73 Å². The Balaban J connectivity index is 0.000000195. The van der Waals surface area contributed by atoms with E-state index in [9.17, 15) is 32.2 Å². The van der Waals surface area contributed by atoms with E-state index in [0.717, 1.165) is 0 Å². The van der Waals surface area contributed by atoms with Gasteiger partial charge in [-0.3, -0.25) is 0 Å². The molecule has 41 heavy (non-hydrogen) atoms. The van der Waals surface area contributed by atoms with E-state index in [-0.39, 0.29) is 62.2 Å². The van der Waals surface area contributed by atoms with Gasteiger partial charge in [0.05, 0.1) is 37.4 Å². The number of aromatic nitrogens is 1. The van der Waals surface area contributed by atoms with Crippen LogP contribution in [0.1, 0.15) is 66.2 Å². The van der Waals surface area contributed by atoms with Crippen LogP contribution in [-0.2, 0) is 25.1 Å². The van der Waals surface area contributed by atoms with E-state index in [1.807, 2.05) is 20.8 Å². The Morgan fingerprint density at radius 3 is 1.78 bits per heavy atom. The van der Waals surface area contributed by atoms with Crippen molar-refractivity contribution < 1.29 is 36.6 Å². The monoisotopic (exact) mass is 648 g/mol. The number of sulfone groups is 2. The summed E-state index contributed by atoms with van der Waals surface area (Å²) in [7, 11) is -7.59. The van der Waals surface area contributed by atoms with Crippen LogP contribution in [0.4, 0.5) is 5.69 Å². The van der Waals surface area contributed by atoms with Gasteiger partial charge in [-0.25, -0.2) is 21.8 Å². The van der Waals surface area contributed by atoms with Crippen molar-refractivity contribution in [1.82, 2.24) is 4.98 Å². The molecule has 0 bridgehead atoms. The number of rotatable bonds is 4. The lowest BCUT2D eigenvalue weighted by Gasteiger charge is -2.41. The van der Waals surface area contributed by atoms with E-state index in [1.54, 1.807) is 13.0 Å². The molecule has 2 saturated carbocycles. The highest BCUT2D eigenvalue weighted by Crippen LogP contribution is 2.48. The number of nitrogen functional groups attached to an aromatic ring is 1. The van der Waals surface area contributed by atoms with Gasteiger partial charge in [-0.15, -0.1) is 0 Å². The number of benzene rings is 2. The van der Waals surface area contributed by atoms with Crippen molar-refractivity contribution >= 4 is 59.7 Å². The zero-order valence-corrected chi connectivity index (χ0v) is 26.4. The Kier molecular flexibility index (Phi) is 7.98. The maximum absolute atomic E-state index is 13.1. The highest BCUT2D eigenvalue weighted by atomic mass is 35.5. The SMILES string of the molecule is CC(C)(C)c1nc2ccc(Cl)c(S(=O)(=O)C3(C)CC(O)C3)c2o1.CC1(S(=O)(=O)c2c(Cl)ccc(N)c2O)CC(O)C1. The number of oxazole rings is 1. The molecule has 2 fully saturated rings. The number of aliphatic hydroxyl groups is 2. The zero-order valence-electron chi connectivity index (χ0n) is 23.3. The molecule has 3 aromatic rings. The molecule has 2 aliphatic carbocycles. The first kappa shape index (κ1) is 31.8. The van der Waals surface area contributed by atoms with Gasteiger partial charge < -0.3 is 25.5 Å². The number of phenolic OH excluding ortho intramolecular Hbond substituents is 1. The Morgan fingerprint density at radius 2 is 1.32 bits per heavy atom. The molecular weight excluding hydrogens is 615 g/mol. The number of anilines is 1. The fourth-order valence-electron chi connectivity index (χ4n) is 5.14. The fraction of sp³-hybridized carbons (Fsp3) is 0.519. The minimum atomic E-state index is -3.84. The predicted molar refractivity (Wildman–Crippen MR) is 157 cm³/mol. The number of hydrogen-bond acceptors (Lipinski definition) is 10. The van der Waals surface area contributed by atoms with Crippen LogP contribution in [0.15, 0.2) is 38.5 Å². The van der Waals surface area contributed by atoms with Gasteiger partial charge in [-0.2, -0.15) is 0 Å². The van der Waals surface area contributed by atoms with Crippen LogP contribution in [0.2, 0.25) is 10.0 Å². The molecule has 0 aliphatic heterocycles. The number of hydrogen-bond donors (Lipinski definition) is 4. The number of fused-ring (bicyclic) bond motifs is 1. The minimum Gasteiger partial charge on any atom is -0.504 e. The largest absolute Gasteiger partial charge is 0.504 e. The topological polar surface area (TPSA) is 181 Å². The standard InChI is InChI=1S/C16H20ClNO4S.C11H14ClNO4S/c1-15(2,3)14-18-11-6-5-10(17)13(12(11)22-14)23(20,21)16(4)7-9(19)8-16;1-11(4-6(14)5-11)18(16,17)10-7(12)2-3-8(13)9(10)15/h5-6,9,19H,7-8H2,1-4H3;2-3,6,14-15H,4-5,13H2,1H3. The summed E-state index contributed by atoms with van der Waals surface area (Å²) in [5.41, 5.74) is 5.78. The highest BCUT2D eigenvalue weighted by Gasteiger charge is 2.53. The highest BCUT2D eigenvalue weighted by molar-refractivity contribution is 7.93. The molecule has 0 atom stereocenters. The van der Waals surface area contributed by atoms with Crippen molar-refractivity contribution in [3.63, 3.8) is 0 Å². The van der Waals surface area contributed by atoms with Gasteiger partial charge in [0.15, 0.2) is 31.0 Å². The number of nitrogens with two attached hydrogens (primary N) is 1. The summed E-state index contributed by atoms with van der Waals surface area (Å²) in [5, 5.41) is 28.7. The molecule has 10 nitrogen and oxygen atoms in total. The van der Waals surface area contributed by atoms with E-state index >= 15 is 0 Å². The maximum Gasteiger partial charge on any atom is 0.200 e. The third-order valence-electron chi connectivity index (χ3n) is 7.72. The Morgan fingerprint density at radius 1 is 0.878 bits per heavy atom. The van der Waals surface area contributed by atoms with E-state index in [4.69, 9.17) is 33.4 Å². The van der Waals surface area contributed by atoms with E-state index in [2.05, 4.69) is 4.98 Å². The summed E-state index contributed by atoms with van der Waals surface area (Å²) >= 11 is 12.1. The van der Waals surface area contributed by atoms with Crippen LogP contribution in [0.25, 0.3) is 11.1 Å². The predicted octanol–water partition coefficient (Wildman–Crippen LogP) is 4.78. The van der Waals surface area contributed by atoms with E-state index < -0.39 is 47.1 Å². The van der Waals surface area contributed by atoms with Crippen molar-refractivity contribution in [2.24, 2.45) is 0 Å². The van der Waals surface area contributed by atoms with Gasteiger partial charge in [-0.05, 0) is 63.8 Å². The third-order valence-corrected chi connectivity index (χ3v) is 13.7. The molecule has 2 aromatic carbocycles. The normalized spacial score (nSPS) is 26.6. The molecule has 0 spiro atoms. The first-order valence-corrected chi connectivity index (χ1v) is 16.6. The van der Waals surface area contributed by atoms with Crippen LogP contribution in [0.3, 0.4) is 0 Å². The minimum absolute atomic E-state index is 0.0194. The van der Waals surface area contributed by atoms with Gasteiger partial charge in [0, 0.05) is 5.41 Å². The second kappa shape index (κ2) is 10.3.